The lowest BCUT2D eigenvalue weighted by Crippen LogP contribution is -2.29. The second kappa shape index (κ2) is 3.83. The molecule has 1 aliphatic rings. The largest absolute Gasteiger partial charge is 0.374 e. The van der Waals surface area contributed by atoms with Gasteiger partial charge in [-0.1, -0.05) is 32.9 Å². The molecule has 0 spiro atoms. The van der Waals surface area contributed by atoms with E-state index >= 15 is 0 Å². The predicted molar refractivity (Wildman–Crippen MR) is 56.7 cm³/mol. The first-order valence-corrected chi connectivity index (χ1v) is 5.25. The molecule has 1 heterocycles. The highest BCUT2D eigenvalue weighted by Gasteiger charge is 2.41. The van der Waals surface area contributed by atoms with E-state index in [1.807, 2.05) is 0 Å². The fourth-order valence-electron chi connectivity index (χ4n) is 2.58. The summed E-state index contributed by atoms with van der Waals surface area (Å²) in [5.74, 6) is 0.532. The lowest BCUT2D eigenvalue weighted by atomic mass is 9.79. The van der Waals surface area contributed by atoms with Gasteiger partial charge >= 0.3 is 0 Å². The Morgan fingerprint density at radius 2 is 2.08 bits per heavy atom. The Balaban J connectivity index is 2.69. The van der Waals surface area contributed by atoms with Gasteiger partial charge in [-0.05, 0) is 25.7 Å². The molecule has 0 radical (unpaired) electrons. The Bertz CT molecular complexity index is 193. The summed E-state index contributed by atoms with van der Waals surface area (Å²) in [4.78, 5) is 0. The highest BCUT2D eigenvalue weighted by atomic mass is 16.5. The number of ether oxygens (including phenoxy) is 1. The van der Waals surface area contributed by atoms with Crippen LogP contribution in [0.1, 0.15) is 41.0 Å². The van der Waals surface area contributed by atoms with E-state index in [-0.39, 0.29) is 0 Å². The fraction of sp³-hybridized carbons (Fsp3) is 0.833. The monoisotopic (exact) mass is 182 g/mol. The van der Waals surface area contributed by atoms with E-state index in [0.29, 0.717) is 23.5 Å². The van der Waals surface area contributed by atoms with E-state index in [4.69, 9.17) is 4.74 Å². The lowest BCUT2D eigenvalue weighted by Gasteiger charge is -2.28. The molecule has 1 fully saturated rings. The summed E-state index contributed by atoms with van der Waals surface area (Å²) in [6.07, 6.45) is 6.35. The van der Waals surface area contributed by atoms with Crippen LogP contribution in [0.4, 0.5) is 0 Å². The van der Waals surface area contributed by atoms with E-state index < -0.39 is 0 Å². The molecule has 0 N–H and O–H groups in total. The lowest BCUT2D eigenvalue weighted by molar-refractivity contribution is 0.00443. The molecular weight excluding hydrogens is 160 g/mol. The zero-order valence-corrected chi connectivity index (χ0v) is 9.50. The van der Waals surface area contributed by atoms with Gasteiger partial charge in [0.2, 0.25) is 0 Å². The summed E-state index contributed by atoms with van der Waals surface area (Å²) in [5.41, 5.74) is 0.332. The Labute approximate surface area is 82.2 Å². The second-order valence-corrected chi connectivity index (χ2v) is 4.94. The van der Waals surface area contributed by atoms with Gasteiger partial charge in [0.1, 0.15) is 0 Å². The van der Waals surface area contributed by atoms with Crippen molar-refractivity contribution in [1.29, 1.82) is 0 Å². The van der Waals surface area contributed by atoms with Crippen LogP contribution in [-0.4, -0.2) is 12.2 Å². The van der Waals surface area contributed by atoms with Crippen molar-refractivity contribution in [3.63, 3.8) is 0 Å². The number of allylic oxidation sites excluding steroid dienone is 1. The van der Waals surface area contributed by atoms with E-state index in [2.05, 4.69) is 46.8 Å². The van der Waals surface area contributed by atoms with Crippen LogP contribution in [0.5, 0.6) is 0 Å². The molecule has 1 aliphatic heterocycles. The molecule has 0 amide bonds. The van der Waals surface area contributed by atoms with Gasteiger partial charge in [-0.3, -0.25) is 0 Å². The van der Waals surface area contributed by atoms with Gasteiger partial charge in [-0.2, -0.15) is 0 Å². The summed E-state index contributed by atoms with van der Waals surface area (Å²) in [6.45, 7) is 11.1. The molecule has 3 atom stereocenters. The van der Waals surface area contributed by atoms with Crippen LogP contribution >= 0.6 is 0 Å². The van der Waals surface area contributed by atoms with Crippen molar-refractivity contribution in [2.24, 2.45) is 11.3 Å². The third-order valence-electron chi connectivity index (χ3n) is 2.94. The van der Waals surface area contributed by atoms with E-state index in [0.717, 1.165) is 0 Å². The van der Waals surface area contributed by atoms with Gasteiger partial charge in [0.05, 0.1) is 12.2 Å². The third kappa shape index (κ3) is 2.34. The van der Waals surface area contributed by atoms with E-state index in [9.17, 15) is 0 Å². The standard InChI is InChI=1S/C12H22O/c1-6-7-9(2)11-12(4,5)8-10(3)13-11/h6-7,9-11H,8H2,1-5H3/b7-6-. The third-order valence-corrected chi connectivity index (χ3v) is 2.94. The number of hydrogen-bond donors (Lipinski definition) is 0. The Morgan fingerprint density at radius 3 is 2.46 bits per heavy atom. The molecular formula is C12H22O. The fourth-order valence-corrected chi connectivity index (χ4v) is 2.58. The van der Waals surface area contributed by atoms with E-state index in [1.54, 1.807) is 0 Å². The Kier molecular flexibility index (Phi) is 3.18. The smallest absolute Gasteiger partial charge is 0.0690 e. The van der Waals surface area contributed by atoms with Crippen molar-refractivity contribution >= 4 is 0 Å². The van der Waals surface area contributed by atoms with Crippen molar-refractivity contribution in [2.45, 2.75) is 53.2 Å². The summed E-state index contributed by atoms with van der Waals surface area (Å²) in [7, 11) is 0. The van der Waals surface area contributed by atoms with Gasteiger partial charge in [0.25, 0.3) is 0 Å². The van der Waals surface area contributed by atoms with Crippen LogP contribution in [0.2, 0.25) is 0 Å². The molecule has 13 heavy (non-hydrogen) atoms. The highest BCUT2D eigenvalue weighted by Crippen LogP contribution is 2.41. The van der Waals surface area contributed by atoms with Crippen LogP contribution in [0.15, 0.2) is 12.2 Å². The van der Waals surface area contributed by atoms with Gasteiger partial charge in [-0.25, -0.2) is 0 Å². The Hall–Kier alpha value is -0.300. The van der Waals surface area contributed by atoms with E-state index in [1.165, 1.54) is 6.42 Å². The van der Waals surface area contributed by atoms with Crippen LogP contribution in [0.3, 0.4) is 0 Å². The molecule has 0 aliphatic carbocycles. The SMILES string of the molecule is C/C=C\C(C)C1OC(C)CC1(C)C. The zero-order chi connectivity index (χ0) is 10.1. The average Bonchev–Trinajstić information content (AvgIpc) is 2.24. The molecule has 0 saturated carbocycles. The maximum absolute atomic E-state index is 5.94. The van der Waals surface area contributed by atoms with Gasteiger partial charge in [-0.15, -0.1) is 0 Å². The molecule has 0 aromatic carbocycles. The Morgan fingerprint density at radius 1 is 1.46 bits per heavy atom. The summed E-state index contributed by atoms with van der Waals surface area (Å²) in [5, 5.41) is 0. The van der Waals surface area contributed by atoms with Crippen LogP contribution < -0.4 is 0 Å². The first-order chi connectivity index (χ1) is 5.97. The molecule has 1 saturated heterocycles. The van der Waals surface area contributed by atoms with Crippen LogP contribution in [0, 0.1) is 11.3 Å². The first-order valence-electron chi connectivity index (χ1n) is 5.25. The van der Waals surface area contributed by atoms with Crippen molar-refractivity contribution in [3.05, 3.63) is 12.2 Å². The zero-order valence-electron chi connectivity index (χ0n) is 9.50. The molecule has 1 nitrogen and oxygen atoms in total. The van der Waals surface area contributed by atoms with Crippen molar-refractivity contribution < 1.29 is 4.74 Å². The summed E-state index contributed by atoms with van der Waals surface area (Å²) < 4.78 is 5.94. The molecule has 0 bridgehead atoms. The molecule has 0 aromatic rings. The van der Waals surface area contributed by atoms with Crippen molar-refractivity contribution in [3.8, 4) is 0 Å². The summed E-state index contributed by atoms with van der Waals surface area (Å²) in [6, 6.07) is 0. The maximum Gasteiger partial charge on any atom is 0.0690 e. The average molecular weight is 182 g/mol. The van der Waals surface area contributed by atoms with Crippen molar-refractivity contribution in [2.75, 3.05) is 0 Å². The minimum atomic E-state index is 0.332. The molecule has 1 rings (SSSR count). The minimum Gasteiger partial charge on any atom is -0.374 e. The molecule has 3 unspecified atom stereocenters. The van der Waals surface area contributed by atoms with Crippen LogP contribution in [-0.2, 0) is 4.74 Å². The normalized spacial score (nSPS) is 35.5. The first kappa shape index (κ1) is 10.8. The molecule has 0 aromatic heterocycles. The van der Waals surface area contributed by atoms with Crippen LogP contribution in [0.25, 0.3) is 0 Å². The van der Waals surface area contributed by atoms with Crippen molar-refractivity contribution in [1.82, 2.24) is 0 Å². The highest BCUT2D eigenvalue weighted by molar-refractivity contribution is 4.97. The second-order valence-electron chi connectivity index (χ2n) is 4.94. The van der Waals surface area contributed by atoms with Gasteiger partial charge < -0.3 is 4.74 Å². The number of rotatable bonds is 2. The minimum absolute atomic E-state index is 0.332. The molecule has 1 heteroatoms. The quantitative estimate of drug-likeness (QED) is 0.595. The van der Waals surface area contributed by atoms with Gasteiger partial charge in [0.15, 0.2) is 0 Å². The maximum atomic E-state index is 5.94. The topological polar surface area (TPSA) is 9.23 Å². The number of hydrogen-bond acceptors (Lipinski definition) is 1. The summed E-state index contributed by atoms with van der Waals surface area (Å²) >= 11 is 0. The predicted octanol–water partition coefficient (Wildman–Crippen LogP) is 3.40. The molecule has 76 valence electrons. The van der Waals surface area contributed by atoms with Gasteiger partial charge in [0, 0.05) is 5.92 Å².